The molecule has 0 amide bonds. The van der Waals surface area contributed by atoms with E-state index in [1.807, 2.05) is 26.0 Å². The predicted molar refractivity (Wildman–Crippen MR) is 86.9 cm³/mol. The monoisotopic (exact) mass is 318 g/mol. The van der Waals surface area contributed by atoms with Crippen LogP contribution >= 0.6 is 18.9 Å². The minimum Gasteiger partial charge on any atom is -0.305 e. The Labute approximate surface area is 121 Å². The fraction of sp³-hybridized carbons (Fsp3) is 0.538. The molecule has 1 rings (SSSR count). The first-order chi connectivity index (χ1) is 8.89. The van der Waals surface area contributed by atoms with Crippen molar-refractivity contribution in [2.45, 2.75) is 33.0 Å². The molecule has 1 aromatic rings. The van der Waals surface area contributed by atoms with E-state index in [4.69, 9.17) is 9.05 Å². The Morgan fingerprint density at radius 3 is 2.37 bits per heavy atom. The summed E-state index contributed by atoms with van der Waals surface area (Å²) in [4.78, 5) is 0. The van der Waals surface area contributed by atoms with Gasteiger partial charge in [0, 0.05) is 0 Å². The Hall–Kier alpha value is -0.193. The van der Waals surface area contributed by atoms with Crippen LogP contribution in [0.2, 0.25) is 19.1 Å². The van der Waals surface area contributed by atoms with Gasteiger partial charge in [-0.2, -0.15) is 0 Å². The molecule has 0 aliphatic heterocycles. The number of thiophene rings is 1. The van der Waals surface area contributed by atoms with Crippen molar-refractivity contribution in [2.24, 2.45) is 0 Å². The van der Waals surface area contributed by atoms with Crippen LogP contribution in [0.3, 0.4) is 0 Å². The van der Waals surface area contributed by atoms with Crippen LogP contribution in [0, 0.1) is 0 Å². The van der Waals surface area contributed by atoms with E-state index in [0.717, 1.165) is 10.7 Å². The van der Waals surface area contributed by atoms with Gasteiger partial charge in [0.1, 0.15) is 4.62 Å². The fourth-order valence-electron chi connectivity index (χ4n) is 1.80. The van der Waals surface area contributed by atoms with Crippen LogP contribution in [0.25, 0.3) is 0 Å². The van der Waals surface area contributed by atoms with Gasteiger partial charge in [0.15, 0.2) is 0 Å². The van der Waals surface area contributed by atoms with Crippen molar-refractivity contribution >= 4 is 36.1 Å². The largest absolute Gasteiger partial charge is 0.371 e. The Morgan fingerprint density at radius 1 is 1.32 bits per heavy atom. The van der Waals surface area contributed by atoms with Gasteiger partial charge in [0.25, 0.3) is 0 Å². The SMILES string of the molecule is C=CC[Si](C)(C)c1ccc(P(=O)(OCC)OCC)s1. The lowest BCUT2D eigenvalue weighted by molar-refractivity contribution is 0.230. The lowest BCUT2D eigenvalue weighted by atomic mass is 10.7. The topological polar surface area (TPSA) is 35.5 Å². The third-order valence-electron chi connectivity index (χ3n) is 2.78. The molecule has 0 fully saturated rings. The minimum atomic E-state index is -3.12. The summed E-state index contributed by atoms with van der Waals surface area (Å²) in [5.41, 5.74) is 0. The molecule has 108 valence electrons. The highest BCUT2D eigenvalue weighted by Gasteiger charge is 2.31. The number of hydrogen-bond acceptors (Lipinski definition) is 4. The summed E-state index contributed by atoms with van der Waals surface area (Å²) in [6.45, 7) is 12.8. The summed E-state index contributed by atoms with van der Waals surface area (Å²) in [5.74, 6) is 0. The van der Waals surface area contributed by atoms with E-state index in [2.05, 4.69) is 25.7 Å². The summed E-state index contributed by atoms with van der Waals surface area (Å²) in [6.07, 6.45) is 1.97. The van der Waals surface area contributed by atoms with Crippen molar-refractivity contribution < 1.29 is 13.6 Å². The third kappa shape index (κ3) is 4.13. The van der Waals surface area contributed by atoms with Gasteiger partial charge in [0.2, 0.25) is 0 Å². The molecule has 0 spiro atoms. The van der Waals surface area contributed by atoms with Crippen molar-refractivity contribution in [1.29, 1.82) is 0 Å². The van der Waals surface area contributed by atoms with Gasteiger partial charge < -0.3 is 9.05 Å². The maximum atomic E-state index is 12.7. The third-order valence-corrected chi connectivity index (χ3v) is 11.1. The van der Waals surface area contributed by atoms with Crippen LogP contribution in [-0.4, -0.2) is 21.3 Å². The zero-order chi connectivity index (χ0) is 14.5. The molecular weight excluding hydrogens is 295 g/mol. The number of rotatable bonds is 8. The first kappa shape index (κ1) is 16.9. The summed E-state index contributed by atoms with van der Waals surface area (Å²) < 4.78 is 25.5. The second kappa shape index (κ2) is 7.00. The van der Waals surface area contributed by atoms with Gasteiger partial charge in [-0.1, -0.05) is 25.2 Å². The number of hydrogen-bond donors (Lipinski definition) is 0. The molecule has 0 aliphatic carbocycles. The quantitative estimate of drug-likeness (QED) is 0.416. The molecule has 1 heterocycles. The Balaban J connectivity index is 3.06. The zero-order valence-electron chi connectivity index (χ0n) is 12.1. The van der Waals surface area contributed by atoms with E-state index >= 15 is 0 Å². The minimum absolute atomic E-state index is 0.387. The molecule has 3 nitrogen and oxygen atoms in total. The maximum absolute atomic E-state index is 12.7. The Bertz CT molecular complexity index is 460. The van der Waals surface area contributed by atoms with Crippen LogP contribution in [0.4, 0.5) is 0 Å². The second-order valence-electron chi connectivity index (χ2n) is 4.85. The normalized spacial score (nSPS) is 12.6. The van der Waals surface area contributed by atoms with Gasteiger partial charge in [-0.25, -0.2) is 0 Å². The molecule has 1 aromatic heterocycles. The summed E-state index contributed by atoms with van der Waals surface area (Å²) >= 11 is 1.57. The summed E-state index contributed by atoms with van der Waals surface area (Å²) in [7, 11) is -4.64. The van der Waals surface area contributed by atoms with Gasteiger partial charge >= 0.3 is 7.60 Å². The molecule has 0 atom stereocenters. The highest BCUT2D eigenvalue weighted by Crippen LogP contribution is 2.48. The molecule has 0 aliphatic rings. The maximum Gasteiger partial charge on any atom is 0.371 e. The van der Waals surface area contributed by atoms with Crippen molar-refractivity contribution in [3.05, 3.63) is 24.8 Å². The highest BCUT2D eigenvalue weighted by atomic mass is 32.1. The first-order valence-electron chi connectivity index (χ1n) is 6.50. The molecule has 0 saturated heterocycles. The van der Waals surface area contributed by atoms with E-state index in [9.17, 15) is 4.57 Å². The van der Waals surface area contributed by atoms with E-state index < -0.39 is 15.7 Å². The molecular formula is C13H23O3PSSi. The second-order valence-corrected chi connectivity index (χ2v) is 13.3. The average molecular weight is 318 g/mol. The summed E-state index contributed by atoms with van der Waals surface area (Å²) in [6, 6.07) is 4.98. The van der Waals surface area contributed by atoms with Crippen molar-refractivity contribution in [1.82, 2.24) is 0 Å². The molecule has 0 aromatic carbocycles. The smallest absolute Gasteiger partial charge is 0.305 e. The zero-order valence-corrected chi connectivity index (χ0v) is 14.9. The van der Waals surface area contributed by atoms with Crippen LogP contribution < -0.4 is 9.12 Å². The van der Waals surface area contributed by atoms with E-state index in [1.54, 1.807) is 11.3 Å². The lowest BCUT2D eigenvalue weighted by Crippen LogP contribution is -2.38. The molecule has 0 bridgehead atoms. The van der Waals surface area contributed by atoms with Crippen LogP contribution in [0.5, 0.6) is 0 Å². The molecule has 0 radical (unpaired) electrons. The summed E-state index contributed by atoms with van der Waals surface area (Å²) in [5, 5.41) is 0. The van der Waals surface area contributed by atoms with Crippen molar-refractivity contribution in [3.8, 4) is 0 Å². The fourth-order valence-corrected chi connectivity index (χ4v) is 8.03. The van der Waals surface area contributed by atoms with Crippen LogP contribution in [0.1, 0.15) is 13.8 Å². The Morgan fingerprint density at radius 2 is 1.89 bits per heavy atom. The Kier molecular flexibility index (Phi) is 6.21. The predicted octanol–water partition coefficient (Wildman–Crippen LogP) is 3.74. The van der Waals surface area contributed by atoms with Gasteiger partial charge in [0.05, 0.1) is 21.3 Å². The lowest BCUT2D eigenvalue weighted by Gasteiger charge is -2.19. The van der Waals surface area contributed by atoms with Crippen LogP contribution in [0.15, 0.2) is 24.8 Å². The molecule has 6 heteroatoms. The average Bonchev–Trinajstić information content (AvgIpc) is 2.80. The van der Waals surface area contributed by atoms with Gasteiger partial charge in [-0.15, -0.1) is 17.9 Å². The first-order valence-corrected chi connectivity index (χ1v) is 12.1. The van der Waals surface area contributed by atoms with E-state index in [-0.39, 0.29) is 0 Å². The molecule has 19 heavy (non-hydrogen) atoms. The van der Waals surface area contributed by atoms with Gasteiger partial charge in [-0.05, 0) is 30.5 Å². The standard InChI is InChI=1S/C13H23O3PSSi/c1-6-11-19(4,5)13-10-9-12(18-13)17(14,15-7-2)16-8-3/h6,9-10H,1,7-8,11H2,2-5H3. The molecule has 0 saturated carbocycles. The van der Waals surface area contributed by atoms with Gasteiger partial charge in [-0.3, -0.25) is 4.57 Å². The number of allylic oxidation sites excluding steroid dienone is 1. The van der Waals surface area contributed by atoms with E-state index in [1.165, 1.54) is 4.50 Å². The van der Waals surface area contributed by atoms with Crippen molar-refractivity contribution in [2.75, 3.05) is 13.2 Å². The van der Waals surface area contributed by atoms with Crippen molar-refractivity contribution in [3.63, 3.8) is 0 Å². The molecule has 0 unspecified atom stereocenters. The highest BCUT2D eigenvalue weighted by molar-refractivity contribution is 7.69. The van der Waals surface area contributed by atoms with Crippen LogP contribution in [-0.2, 0) is 13.6 Å². The molecule has 0 N–H and O–H groups in total. The van der Waals surface area contributed by atoms with E-state index in [0.29, 0.717) is 13.2 Å².